The molecule has 0 saturated heterocycles. The summed E-state index contributed by atoms with van der Waals surface area (Å²) in [6.07, 6.45) is 4.91. The number of pyridine rings is 1. The Morgan fingerprint density at radius 1 is 1.54 bits per heavy atom. The van der Waals surface area contributed by atoms with Crippen LogP contribution in [0.1, 0.15) is 11.1 Å². The molecule has 3 nitrogen and oxygen atoms in total. The molecule has 13 heavy (non-hydrogen) atoms. The van der Waals surface area contributed by atoms with Gasteiger partial charge in [-0.25, -0.2) is 0 Å². The van der Waals surface area contributed by atoms with Gasteiger partial charge in [-0.05, 0) is 23.3 Å². The number of fused-ring (bicyclic) bond motifs is 1. The lowest BCUT2D eigenvalue weighted by atomic mass is 10.2. The molecule has 0 N–H and O–H groups in total. The molecule has 3 heteroatoms. The molecule has 1 aliphatic heterocycles. The van der Waals surface area contributed by atoms with E-state index in [2.05, 4.69) is 11.6 Å². The van der Waals surface area contributed by atoms with E-state index in [0.717, 1.165) is 5.56 Å². The lowest BCUT2D eigenvalue weighted by molar-refractivity contribution is -0.126. The fraction of sp³-hybridized carbons (Fsp3) is 0.200. The van der Waals surface area contributed by atoms with E-state index < -0.39 is 0 Å². The first kappa shape index (κ1) is 7.98. The van der Waals surface area contributed by atoms with E-state index in [1.807, 2.05) is 12.3 Å². The summed E-state index contributed by atoms with van der Waals surface area (Å²) in [7, 11) is 0. The first-order valence-corrected chi connectivity index (χ1v) is 4.14. The van der Waals surface area contributed by atoms with E-state index in [-0.39, 0.29) is 5.91 Å². The van der Waals surface area contributed by atoms with Crippen molar-refractivity contribution >= 4 is 5.91 Å². The number of carbonyl (C=O) groups is 1. The summed E-state index contributed by atoms with van der Waals surface area (Å²) < 4.78 is 0. The summed E-state index contributed by atoms with van der Waals surface area (Å²) in [6.45, 7) is 4.81. The summed E-state index contributed by atoms with van der Waals surface area (Å²) in [5, 5.41) is 0. The fourth-order valence-electron chi connectivity index (χ4n) is 1.50. The Bertz CT molecular complexity index is 335. The van der Waals surface area contributed by atoms with Gasteiger partial charge in [-0.2, -0.15) is 0 Å². The van der Waals surface area contributed by atoms with Crippen molar-refractivity contribution in [3.05, 3.63) is 42.2 Å². The van der Waals surface area contributed by atoms with Gasteiger partial charge in [0.25, 0.3) is 0 Å². The maximum Gasteiger partial charge on any atom is 0.246 e. The molecule has 66 valence electrons. The molecule has 0 radical (unpaired) electrons. The number of aromatic nitrogens is 1. The summed E-state index contributed by atoms with van der Waals surface area (Å²) in [5.41, 5.74) is 2.32. The third-order valence-electron chi connectivity index (χ3n) is 2.21. The molecule has 0 fully saturated rings. The first-order valence-electron chi connectivity index (χ1n) is 4.14. The van der Waals surface area contributed by atoms with Gasteiger partial charge in [-0.3, -0.25) is 9.78 Å². The number of hydrogen-bond donors (Lipinski definition) is 0. The first-order chi connectivity index (χ1) is 6.31. The Hall–Kier alpha value is -1.64. The molecule has 0 unspecified atom stereocenters. The molecule has 2 heterocycles. The molecule has 0 atom stereocenters. The summed E-state index contributed by atoms with van der Waals surface area (Å²) in [5.74, 6) is -0.0174. The third kappa shape index (κ3) is 1.33. The summed E-state index contributed by atoms with van der Waals surface area (Å²) in [6, 6.07) is 1.95. The average molecular weight is 174 g/mol. The molecule has 0 spiro atoms. The van der Waals surface area contributed by atoms with Gasteiger partial charge >= 0.3 is 0 Å². The van der Waals surface area contributed by atoms with Crippen LogP contribution in [0, 0.1) is 0 Å². The fourth-order valence-corrected chi connectivity index (χ4v) is 1.50. The van der Waals surface area contributed by atoms with E-state index in [0.29, 0.717) is 13.1 Å². The molecule has 0 aliphatic carbocycles. The molecular formula is C10H10N2O. The van der Waals surface area contributed by atoms with Crippen molar-refractivity contribution in [2.75, 3.05) is 0 Å². The highest BCUT2D eigenvalue weighted by atomic mass is 16.2. The number of carbonyl (C=O) groups excluding carboxylic acids is 1. The molecule has 1 aromatic heterocycles. The van der Waals surface area contributed by atoms with Gasteiger partial charge in [0.1, 0.15) is 0 Å². The monoisotopic (exact) mass is 174 g/mol. The zero-order valence-corrected chi connectivity index (χ0v) is 7.23. The van der Waals surface area contributed by atoms with Crippen LogP contribution in [-0.2, 0) is 17.9 Å². The highest BCUT2D eigenvalue weighted by Crippen LogP contribution is 2.20. The van der Waals surface area contributed by atoms with Gasteiger partial charge in [0.2, 0.25) is 5.91 Å². The minimum absolute atomic E-state index is 0.0174. The van der Waals surface area contributed by atoms with Crippen LogP contribution in [0.25, 0.3) is 0 Å². The van der Waals surface area contributed by atoms with Gasteiger partial charge in [0.15, 0.2) is 0 Å². The standard InChI is InChI=1S/C10H10N2O/c1-2-10(13)12-6-8-3-4-11-5-9(8)7-12/h2-5H,1,6-7H2. The van der Waals surface area contributed by atoms with Crippen LogP contribution in [0.5, 0.6) is 0 Å². The Kier molecular flexibility index (Phi) is 1.85. The van der Waals surface area contributed by atoms with E-state index >= 15 is 0 Å². The summed E-state index contributed by atoms with van der Waals surface area (Å²) in [4.78, 5) is 17.0. The minimum atomic E-state index is -0.0174. The van der Waals surface area contributed by atoms with Crippen molar-refractivity contribution in [1.29, 1.82) is 0 Å². The zero-order valence-electron chi connectivity index (χ0n) is 7.23. The second-order valence-corrected chi connectivity index (χ2v) is 3.04. The Morgan fingerprint density at radius 3 is 3.00 bits per heavy atom. The highest BCUT2D eigenvalue weighted by molar-refractivity contribution is 5.87. The smallest absolute Gasteiger partial charge is 0.246 e. The highest BCUT2D eigenvalue weighted by Gasteiger charge is 2.20. The van der Waals surface area contributed by atoms with Gasteiger partial charge in [-0.1, -0.05) is 6.58 Å². The van der Waals surface area contributed by atoms with Crippen LogP contribution >= 0.6 is 0 Å². The van der Waals surface area contributed by atoms with Crippen LogP contribution in [0.15, 0.2) is 31.1 Å². The quantitative estimate of drug-likeness (QED) is 0.597. The van der Waals surface area contributed by atoms with Gasteiger partial charge in [0, 0.05) is 25.5 Å². The van der Waals surface area contributed by atoms with E-state index in [1.54, 1.807) is 11.1 Å². The Morgan fingerprint density at radius 2 is 2.31 bits per heavy atom. The molecule has 0 aromatic carbocycles. The van der Waals surface area contributed by atoms with Crippen molar-refractivity contribution in [3.8, 4) is 0 Å². The molecule has 2 rings (SSSR count). The average Bonchev–Trinajstić information content (AvgIpc) is 2.59. The number of amides is 1. The number of hydrogen-bond acceptors (Lipinski definition) is 2. The van der Waals surface area contributed by atoms with Gasteiger partial charge in [0.05, 0.1) is 0 Å². The molecule has 0 bridgehead atoms. The van der Waals surface area contributed by atoms with Gasteiger partial charge in [-0.15, -0.1) is 0 Å². The SMILES string of the molecule is C=CC(=O)N1Cc2ccncc2C1. The number of nitrogens with zero attached hydrogens (tertiary/aromatic N) is 2. The van der Waals surface area contributed by atoms with Crippen molar-refractivity contribution in [3.63, 3.8) is 0 Å². The van der Waals surface area contributed by atoms with Crippen LogP contribution in [0.3, 0.4) is 0 Å². The second-order valence-electron chi connectivity index (χ2n) is 3.04. The molecule has 0 saturated carbocycles. The maximum atomic E-state index is 11.3. The Balaban J connectivity index is 2.23. The normalized spacial score (nSPS) is 14.0. The van der Waals surface area contributed by atoms with Crippen molar-refractivity contribution in [2.24, 2.45) is 0 Å². The van der Waals surface area contributed by atoms with Gasteiger partial charge < -0.3 is 4.90 Å². The van der Waals surface area contributed by atoms with Crippen LogP contribution in [0.4, 0.5) is 0 Å². The molecule has 1 aromatic rings. The third-order valence-corrected chi connectivity index (χ3v) is 2.21. The van der Waals surface area contributed by atoms with Crippen LogP contribution in [0.2, 0.25) is 0 Å². The van der Waals surface area contributed by atoms with Crippen molar-refractivity contribution < 1.29 is 4.79 Å². The minimum Gasteiger partial charge on any atom is -0.330 e. The maximum absolute atomic E-state index is 11.3. The van der Waals surface area contributed by atoms with Crippen molar-refractivity contribution in [1.82, 2.24) is 9.88 Å². The topological polar surface area (TPSA) is 33.2 Å². The predicted molar refractivity (Wildman–Crippen MR) is 48.7 cm³/mol. The van der Waals surface area contributed by atoms with E-state index in [1.165, 1.54) is 11.6 Å². The van der Waals surface area contributed by atoms with E-state index in [9.17, 15) is 4.79 Å². The predicted octanol–water partition coefficient (Wildman–Crippen LogP) is 1.11. The molecule has 1 amide bonds. The molecular weight excluding hydrogens is 164 g/mol. The summed E-state index contributed by atoms with van der Waals surface area (Å²) >= 11 is 0. The lowest BCUT2D eigenvalue weighted by Gasteiger charge is -2.11. The lowest BCUT2D eigenvalue weighted by Crippen LogP contribution is -2.22. The molecule has 1 aliphatic rings. The zero-order chi connectivity index (χ0) is 9.26. The Labute approximate surface area is 76.7 Å². The van der Waals surface area contributed by atoms with E-state index in [4.69, 9.17) is 0 Å². The van der Waals surface area contributed by atoms with Crippen LogP contribution in [-0.4, -0.2) is 15.8 Å². The van der Waals surface area contributed by atoms with Crippen molar-refractivity contribution in [2.45, 2.75) is 13.1 Å². The largest absolute Gasteiger partial charge is 0.330 e. The number of rotatable bonds is 1. The van der Waals surface area contributed by atoms with Crippen LogP contribution < -0.4 is 0 Å². The second kappa shape index (κ2) is 3.01.